The minimum Gasteiger partial charge on any atom is -0.373 e. The minimum absolute atomic E-state index is 0.454. The Balaban J connectivity index is 2.09. The molecule has 2 rings (SSSR count). The van der Waals surface area contributed by atoms with E-state index in [-0.39, 0.29) is 0 Å². The van der Waals surface area contributed by atoms with Crippen molar-refractivity contribution in [2.24, 2.45) is 5.73 Å². The molecule has 4 nitrogen and oxygen atoms in total. The highest BCUT2D eigenvalue weighted by molar-refractivity contribution is 5.60. The van der Waals surface area contributed by atoms with Crippen LogP contribution in [0.25, 0.3) is 0 Å². The molecule has 0 fully saturated rings. The van der Waals surface area contributed by atoms with Gasteiger partial charge >= 0.3 is 0 Å². The Kier molecular flexibility index (Phi) is 4.70. The van der Waals surface area contributed by atoms with Gasteiger partial charge in [-0.25, -0.2) is 0 Å². The molecule has 0 bridgehead atoms. The number of nitrogens with two attached hydrogens (primary N) is 1. The maximum Gasteiger partial charge on any atom is 0.101 e. The van der Waals surface area contributed by atoms with E-state index in [1.807, 2.05) is 37.4 Å². The van der Waals surface area contributed by atoms with Crippen molar-refractivity contribution in [2.75, 3.05) is 18.5 Å². The van der Waals surface area contributed by atoms with E-state index in [2.05, 4.69) is 16.0 Å². The first kappa shape index (κ1) is 14.0. The summed E-state index contributed by atoms with van der Waals surface area (Å²) >= 11 is 0. The highest BCUT2D eigenvalue weighted by Crippen LogP contribution is 2.20. The first-order chi connectivity index (χ1) is 9.74. The van der Waals surface area contributed by atoms with Crippen LogP contribution in [0.5, 0.6) is 0 Å². The molecule has 0 amide bonds. The van der Waals surface area contributed by atoms with Crippen molar-refractivity contribution in [1.29, 1.82) is 5.26 Å². The molecule has 1 heterocycles. The Hall–Kier alpha value is -2.38. The molecule has 0 aliphatic carbocycles. The summed E-state index contributed by atoms with van der Waals surface area (Å²) in [6.45, 7) is 1.30. The molecule has 20 heavy (non-hydrogen) atoms. The lowest BCUT2D eigenvalue weighted by Crippen LogP contribution is -2.21. The van der Waals surface area contributed by atoms with Gasteiger partial charge in [-0.3, -0.25) is 4.98 Å². The van der Waals surface area contributed by atoms with Crippen LogP contribution in [0, 0.1) is 11.3 Å². The quantitative estimate of drug-likeness (QED) is 0.900. The standard InChI is InChI=1S/C16H18N4/c1-20(9-6-13-4-7-19-8-5-13)16-3-2-14(11-17)10-15(16)12-18/h2-5,7-8,10H,6,9,11,17H2,1H3. The number of benzene rings is 1. The van der Waals surface area contributed by atoms with Crippen LogP contribution < -0.4 is 10.6 Å². The van der Waals surface area contributed by atoms with E-state index in [1.54, 1.807) is 12.4 Å². The van der Waals surface area contributed by atoms with Gasteiger partial charge in [0.05, 0.1) is 11.3 Å². The molecule has 2 aromatic rings. The second-order valence-electron chi connectivity index (χ2n) is 4.69. The number of pyridine rings is 1. The van der Waals surface area contributed by atoms with E-state index < -0.39 is 0 Å². The number of hydrogen-bond acceptors (Lipinski definition) is 4. The smallest absolute Gasteiger partial charge is 0.101 e. The lowest BCUT2D eigenvalue weighted by atomic mass is 10.1. The highest BCUT2D eigenvalue weighted by atomic mass is 15.1. The molecular weight excluding hydrogens is 248 g/mol. The summed E-state index contributed by atoms with van der Waals surface area (Å²) in [5.41, 5.74) is 9.44. The third-order valence-corrected chi connectivity index (χ3v) is 3.31. The van der Waals surface area contributed by atoms with Gasteiger partial charge in [0.1, 0.15) is 6.07 Å². The molecular formula is C16H18N4. The van der Waals surface area contributed by atoms with Crippen LogP contribution in [0.1, 0.15) is 16.7 Å². The van der Waals surface area contributed by atoms with Crippen molar-refractivity contribution in [3.8, 4) is 6.07 Å². The average molecular weight is 266 g/mol. The van der Waals surface area contributed by atoms with Crippen molar-refractivity contribution in [2.45, 2.75) is 13.0 Å². The van der Waals surface area contributed by atoms with Crippen LogP contribution in [0.2, 0.25) is 0 Å². The number of hydrogen-bond donors (Lipinski definition) is 1. The Labute approximate surface area is 119 Å². The predicted octanol–water partition coefficient (Wildman–Crippen LogP) is 2.09. The molecule has 0 aliphatic heterocycles. The van der Waals surface area contributed by atoms with Gasteiger partial charge in [-0.15, -0.1) is 0 Å². The van der Waals surface area contributed by atoms with E-state index in [4.69, 9.17) is 5.73 Å². The number of nitrogens with zero attached hydrogens (tertiary/aromatic N) is 3. The fourth-order valence-corrected chi connectivity index (χ4v) is 2.10. The first-order valence-electron chi connectivity index (χ1n) is 6.57. The summed E-state index contributed by atoms with van der Waals surface area (Å²) in [5.74, 6) is 0. The fourth-order valence-electron chi connectivity index (χ4n) is 2.10. The highest BCUT2D eigenvalue weighted by Gasteiger charge is 2.08. The third kappa shape index (κ3) is 3.34. The number of nitriles is 1. The predicted molar refractivity (Wildman–Crippen MR) is 80.3 cm³/mol. The zero-order valence-electron chi connectivity index (χ0n) is 11.6. The van der Waals surface area contributed by atoms with E-state index in [9.17, 15) is 5.26 Å². The van der Waals surface area contributed by atoms with Crippen molar-refractivity contribution in [1.82, 2.24) is 4.98 Å². The molecule has 0 atom stereocenters. The van der Waals surface area contributed by atoms with Gasteiger partial charge in [0.15, 0.2) is 0 Å². The summed E-state index contributed by atoms with van der Waals surface area (Å²) in [6, 6.07) is 12.1. The molecule has 0 saturated carbocycles. The molecule has 4 heteroatoms. The van der Waals surface area contributed by atoms with E-state index in [1.165, 1.54) is 5.56 Å². The molecule has 0 spiro atoms. The van der Waals surface area contributed by atoms with Crippen molar-refractivity contribution < 1.29 is 0 Å². The number of aromatic nitrogens is 1. The van der Waals surface area contributed by atoms with Crippen LogP contribution in [-0.4, -0.2) is 18.6 Å². The summed E-state index contributed by atoms with van der Waals surface area (Å²) in [4.78, 5) is 6.11. The molecule has 0 aliphatic rings. The molecule has 2 N–H and O–H groups in total. The normalized spacial score (nSPS) is 10.1. The molecule has 0 saturated heterocycles. The molecule has 102 valence electrons. The largest absolute Gasteiger partial charge is 0.373 e. The Morgan fingerprint density at radius 3 is 2.60 bits per heavy atom. The average Bonchev–Trinajstić information content (AvgIpc) is 2.52. The maximum atomic E-state index is 9.25. The van der Waals surface area contributed by atoms with E-state index >= 15 is 0 Å². The van der Waals surface area contributed by atoms with E-state index in [0.29, 0.717) is 12.1 Å². The number of rotatable bonds is 5. The van der Waals surface area contributed by atoms with Crippen molar-refractivity contribution in [3.63, 3.8) is 0 Å². The van der Waals surface area contributed by atoms with Gasteiger partial charge in [0, 0.05) is 32.5 Å². The zero-order valence-corrected chi connectivity index (χ0v) is 11.6. The summed E-state index contributed by atoms with van der Waals surface area (Å²) in [6.07, 6.45) is 4.51. The van der Waals surface area contributed by atoms with Gasteiger partial charge in [0.2, 0.25) is 0 Å². The van der Waals surface area contributed by atoms with Crippen LogP contribution in [0.3, 0.4) is 0 Å². The number of anilines is 1. The molecule has 1 aromatic heterocycles. The van der Waals surface area contributed by atoms with Crippen LogP contribution in [-0.2, 0) is 13.0 Å². The minimum atomic E-state index is 0.454. The summed E-state index contributed by atoms with van der Waals surface area (Å²) in [5, 5.41) is 9.25. The maximum absolute atomic E-state index is 9.25. The van der Waals surface area contributed by atoms with Crippen molar-refractivity contribution in [3.05, 3.63) is 59.4 Å². The van der Waals surface area contributed by atoms with E-state index in [0.717, 1.165) is 24.2 Å². The van der Waals surface area contributed by atoms with Gasteiger partial charge < -0.3 is 10.6 Å². The second kappa shape index (κ2) is 6.69. The third-order valence-electron chi connectivity index (χ3n) is 3.31. The number of likely N-dealkylation sites (N-methyl/N-ethyl adjacent to an activating group) is 1. The Bertz CT molecular complexity index is 602. The van der Waals surface area contributed by atoms with Gasteiger partial charge in [-0.05, 0) is 41.8 Å². The van der Waals surface area contributed by atoms with Crippen LogP contribution >= 0.6 is 0 Å². The molecule has 1 aromatic carbocycles. The lowest BCUT2D eigenvalue weighted by molar-refractivity contribution is 0.872. The Morgan fingerprint density at radius 1 is 1.20 bits per heavy atom. The van der Waals surface area contributed by atoms with Gasteiger partial charge in [0.25, 0.3) is 0 Å². The van der Waals surface area contributed by atoms with Gasteiger partial charge in [-0.1, -0.05) is 6.07 Å². The van der Waals surface area contributed by atoms with Gasteiger partial charge in [-0.2, -0.15) is 5.26 Å². The van der Waals surface area contributed by atoms with Crippen LogP contribution in [0.15, 0.2) is 42.7 Å². The fraction of sp³-hybridized carbons (Fsp3) is 0.250. The Morgan fingerprint density at radius 2 is 1.95 bits per heavy atom. The first-order valence-corrected chi connectivity index (χ1v) is 6.57. The zero-order chi connectivity index (χ0) is 14.4. The SMILES string of the molecule is CN(CCc1ccncc1)c1ccc(CN)cc1C#N. The monoisotopic (exact) mass is 266 g/mol. The molecule has 0 radical (unpaired) electrons. The second-order valence-corrected chi connectivity index (χ2v) is 4.69. The lowest BCUT2D eigenvalue weighted by Gasteiger charge is -2.21. The topological polar surface area (TPSA) is 65.9 Å². The molecule has 0 unspecified atom stereocenters. The summed E-state index contributed by atoms with van der Waals surface area (Å²) in [7, 11) is 2.00. The summed E-state index contributed by atoms with van der Waals surface area (Å²) < 4.78 is 0. The van der Waals surface area contributed by atoms with Crippen LogP contribution in [0.4, 0.5) is 5.69 Å². The van der Waals surface area contributed by atoms with Crippen molar-refractivity contribution >= 4 is 5.69 Å².